The Bertz CT molecular complexity index is 983. The van der Waals surface area contributed by atoms with Crippen LogP contribution in [0.1, 0.15) is 33.6 Å². The molecule has 0 bridgehead atoms. The van der Waals surface area contributed by atoms with E-state index < -0.39 is 18.0 Å². The van der Waals surface area contributed by atoms with Crippen molar-refractivity contribution < 1.29 is 18.3 Å². The first-order chi connectivity index (χ1) is 12.8. The second kappa shape index (κ2) is 7.57. The Hall–Kier alpha value is -3.22. The van der Waals surface area contributed by atoms with Crippen LogP contribution >= 0.6 is 0 Å². The van der Waals surface area contributed by atoms with Crippen molar-refractivity contribution in [3.05, 3.63) is 71.0 Å². The van der Waals surface area contributed by atoms with Crippen molar-refractivity contribution in [2.24, 2.45) is 7.05 Å². The molecule has 1 amide bonds. The highest BCUT2D eigenvalue weighted by atomic mass is 19.3. The number of ether oxygens (including phenoxy) is 1. The Labute approximate surface area is 155 Å². The largest absolute Gasteiger partial charge is 0.455 e. The number of nitrogens with one attached hydrogen (secondary N) is 1. The van der Waals surface area contributed by atoms with Crippen LogP contribution in [0.4, 0.5) is 14.5 Å². The average molecular weight is 371 g/mol. The summed E-state index contributed by atoms with van der Waals surface area (Å²) in [7, 11) is 1.49. The molecular weight excluding hydrogens is 352 g/mol. The Morgan fingerprint density at radius 1 is 1.15 bits per heavy atom. The number of anilines is 1. The average Bonchev–Trinajstić information content (AvgIpc) is 3.01. The number of benzene rings is 2. The maximum absolute atomic E-state index is 13.1. The second-order valence-electron chi connectivity index (χ2n) is 6.22. The number of rotatable bonds is 5. The van der Waals surface area contributed by atoms with Gasteiger partial charge in [-0.05, 0) is 37.6 Å². The molecule has 5 nitrogen and oxygen atoms in total. The van der Waals surface area contributed by atoms with Gasteiger partial charge in [-0.25, -0.2) is 8.78 Å². The van der Waals surface area contributed by atoms with E-state index in [-0.39, 0.29) is 5.56 Å². The van der Waals surface area contributed by atoms with Crippen molar-refractivity contribution in [2.45, 2.75) is 20.3 Å². The van der Waals surface area contributed by atoms with Crippen LogP contribution < -0.4 is 10.1 Å². The van der Waals surface area contributed by atoms with Crippen molar-refractivity contribution in [1.82, 2.24) is 9.78 Å². The number of aryl methyl sites for hydroxylation is 3. The normalized spacial score (nSPS) is 10.9. The van der Waals surface area contributed by atoms with E-state index in [2.05, 4.69) is 10.4 Å². The summed E-state index contributed by atoms with van der Waals surface area (Å²) in [6.07, 6.45) is -1.57. The molecule has 0 radical (unpaired) electrons. The predicted molar refractivity (Wildman–Crippen MR) is 98.6 cm³/mol. The lowest BCUT2D eigenvalue weighted by Crippen LogP contribution is -2.14. The molecule has 2 aromatic carbocycles. The fourth-order valence-electron chi connectivity index (χ4n) is 2.72. The van der Waals surface area contributed by atoms with E-state index in [0.29, 0.717) is 17.2 Å². The number of nitrogens with zero attached hydrogens (tertiary/aromatic N) is 2. The van der Waals surface area contributed by atoms with Gasteiger partial charge in [0.25, 0.3) is 12.3 Å². The van der Waals surface area contributed by atoms with Gasteiger partial charge in [-0.2, -0.15) is 5.10 Å². The molecule has 0 atom stereocenters. The summed E-state index contributed by atoms with van der Waals surface area (Å²) in [5, 5.41) is 6.29. The van der Waals surface area contributed by atoms with Crippen LogP contribution in [0.15, 0.2) is 48.7 Å². The zero-order chi connectivity index (χ0) is 19.6. The molecule has 27 heavy (non-hydrogen) atoms. The molecule has 7 heteroatoms. The minimum Gasteiger partial charge on any atom is -0.455 e. The van der Waals surface area contributed by atoms with E-state index in [9.17, 15) is 13.6 Å². The van der Waals surface area contributed by atoms with Gasteiger partial charge in [0.05, 0.1) is 11.3 Å². The van der Waals surface area contributed by atoms with Crippen molar-refractivity contribution in [2.75, 3.05) is 5.32 Å². The van der Waals surface area contributed by atoms with Crippen LogP contribution in [0.3, 0.4) is 0 Å². The fourth-order valence-corrected chi connectivity index (χ4v) is 2.72. The van der Waals surface area contributed by atoms with Crippen LogP contribution in [0.2, 0.25) is 0 Å². The van der Waals surface area contributed by atoms with Crippen LogP contribution in [0.5, 0.6) is 11.5 Å². The third-order valence-electron chi connectivity index (χ3n) is 3.99. The Morgan fingerprint density at radius 3 is 2.59 bits per heavy atom. The van der Waals surface area contributed by atoms with Gasteiger partial charge >= 0.3 is 0 Å². The third-order valence-corrected chi connectivity index (χ3v) is 3.99. The molecule has 0 saturated carbocycles. The molecule has 3 rings (SSSR count). The zero-order valence-corrected chi connectivity index (χ0v) is 15.2. The van der Waals surface area contributed by atoms with Crippen LogP contribution in [-0.4, -0.2) is 15.7 Å². The Balaban J connectivity index is 1.87. The molecule has 0 aliphatic carbocycles. The number of hydrogen-bond acceptors (Lipinski definition) is 3. The van der Waals surface area contributed by atoms with Crippen molar-refractivity contribution in [3.63, 3.8) is 0 Å². The van der Waals surface area contributed by atoms with Gasteiger partial charge in [-0.3, -0.25) is 9.48 Å². The van der Waals surface area contributed by atoms with E-state index in [1.807, 2.05) is 32.0 Å². The first-order valence-corrected chi connectivity index (χ1v) is 8.32. The Kier molecular flexibility index (Phi) is 5.21. The van der Waals surface area contributed by atoms with Crippen molar-refractivity contribution >= 4 is 11.6 Å². The monoisotopic (exact) mass is 371 g/mol. The number of halogens is 2. The third kappa shape index (κ3) is 4.13. The molecule has 0 aliphatic heterocycles. The number of carbonyl (C=O) groups excluding carboxylic acids is 1. The van der Waals surface area contributed by atoms with E-state index in [4.69, 9.17) is 4.74 Å². The quantitative estimate of drug-likeness (QED) is 0.685. The fraction of sp³-hybridized carbons (Fsp3) is 0.200. The maximum Gasteiger partial charge on any atom is 0.282 e. The molecule has 1 N–H and O–H groups in total. The number of hydrogen-bond donors (Lipinski definition) is 1. The summed E-state index contributed by atoms with van der Waals surface area (Å²) in [4.78, 5) is 12.5. The van der Waals surface area contributed by atoms with Gasteiger partial charge in [-0.1, -0.05) is 29.8 Å². The maximum atomic E-state index is 13.1. The van der Waals surface area contributed by atoms with Crippen molar-refractivity contribution in [3.8, 4) is 11.5 Å². The number of para-hydroxylation sites is 2. The minimum absolute atomic E-state index is 0.172. The van der Waals surface area contributed by atoms with Crippen LogP contribution in [-0.2, 0) is 7.05 Å². The molecular formula is C20H19F2N3O2. The molecule has 0 aliphatic rings. The van der Waals surface area contributed by atoms with Crippen LogP contribution in [0.25, 0.3) is 0 Å². The van der Waals surface area contributed by atoms with Gasteiger partial charge in [0, 0.05) is 13.2 Å². The summed E-state index contributed by atoms with van der Waals surface area (Å²) >= 11 is 0. The summed E-state index contributed by atoms with van der Waals surface area (Å²) < 4.78 is 33.3. The summed E-state index contributed by atoms with van der Waals surface area (Å²) in [5.41, 5.74) is 1.71. The van der Waals surface area contributed by atoms with Gasteiger partial charge in [0.2, 0.25) is 0 Å². The van der Waals surface area contributed by atoms with E-state index in [1.165, 1.54) is 17.9 Å². The van der Waals surface area contributed by atoms with Gasteiger partial charge in [-0.15, -0.1) is 0 Å². The van der Waals surface area contributed by atoms with Gasteiger partial charge in [0.15, 0.2) is 5.75 Å². The lowest BCUT2D eigenvalue weighted by molar-refractivity contribution is 0.101. The van der Waals surface area contributed by atoms with Crippen LogP contribution in [0, 0.1) is 13.8 Å². The summed E-state index contributed by atoms with van der Waals surface area (Å²) in [5.74, 6) is 0.396. The molecule has 0 saturated heterocycles. The smallest absolute Gasteiger partial charge is 0.282 e. The number of amides is 1. The van der Waals surface area contributed by atoms with E-state index >= 15 is 0 Å². The van der Waals surface area contributed by atoms with E-state index in [1.54, 1.807) is 24.3 Å². The first-order valence-electron chi connectivity index (χ1n) is 8.32. The molecule has 3 aromatic rings. The highest BCUT2D eigenvalue weighted by Gasteiger charge is 2.23. The molecule has 140 valence electrons. The summed E-state index contributed by atoms with van der Waals surface area (Å²) in [6, 6.07) is 12.6. The standard InChI is InChI=1S/C20H19F2N3O2/c1-12-8-9-16(13(2)10-12)27-17-7-5-4-6-15(17)23-20(26)14-11-25(3)24-18(14)19(21)22/h4-11,19H,1-3H3,(H,23,26). The number of alkyl halides is 2. The van der Waals surface area contributed by atoms with Gasteiger partial charge in [0.1, 0.15) is 11.4 Å². The first kappa shape index (κ1) is 18.6. The highest BCUT2D eigenvalue weighted by Crippen LogP contribution is 2.32. The molecule has 0 spiro atoms. The molecule has 0 unspecified atom stereocenters. The lowest BCUT2D eigenvalue weighted by Gasteiger charge is -2.14. The molecule has 1 heterocycles. The topological polar surface area (TPSA) is 56.1 Å². The SMILES string of the molecule is Cc1ccc(Oc2ccccc2NC(=O)c2cn(C)nc2C(F)F)c(C)c1. The minimum atomic E-state index is -2.84. The highest BCUT2D eigenvalue weighted by molar-refractivity contribution is 6.05. The van der Waals surface area contributed by atoms with Crippen molar-refractivity contribution in [1.29, 1.82) is 0 Å². The number of carbonyl (C=O) groups is 1. The molecule has 1 aromatic heterocycles. The predicted octanol–water partition coefficient (Wildman–Crippen LogP) is 5.02. The summed E-state index contributed by atoms with van der Waals surface area (Å²) in [6.45, 7) is 3.91. The van der Waals surface area contributed by atoms with E-state index in [0.717, 1.165) is 11.1 Å². The number of aromatic nitrogens is 2. The second-order valence-corrected chi connectivity index (χ2v) is 6.22. The molecule has 0 fully saturated rings. The Morgan fingerprint density at radius 2 is 1.89 bits per heavy atom. The zero-order valence-electron chi connectivity index (χ0n) is 15.2. The lowest BCUT2D eigenvalue weighted by atomic mass is 10.1. The van der Waals surface area contributed by atoms with Gasteiger partial charge < -0.3 is 10.1 Å².